The third kappa shape index (κ3) is 3.19. The molecule has 0 radical (unpaired) electrons. The van der Waals surface area contributed by atoms with Crippen LogP contribution in [-0.4, -0.2) is 27.7 Å². The van der Waals surface area contributed by atoms with Crippen molar-refractivity contribution in [3.05, 3.63) is 30.4 Å². The molecule has 0 aliphatic heterocycles. The summed E-state index contributed by atoms with van der Waals surface area (Å²) >= 11 is 0. The number of hydrogen-bond donors (Lipinski definition) is 0. The van der Waals surface area contributed by atoms with Crippen molar-refractivity contribution in [3.63, 3.8) is 0 Å². The van der Waals surface area contributed by atoms with Gasteiger partial charge >= 0.3 is 18.1 Å². The highest BCUT2D eigenvalue weighted by atomic mass is 19.4. The number of ether oxygens (including phenoxy) is 1. The van der Waals surface area contributed by atoms with Gasteiger partial charge in [0.2, 0.25) is 0 Å². The van der Waals surface area contributed by atoms with Crippen molar-refractivity contribution in [2.24, 2.45) is 0 Å². The second-order valence-electron chi connectivity index (χ2n) is 3.29. The summed E-state index contributed by atoms with van der Waals surface area (Å²) in [5.41, 5.74) is -0.369. The molecule has 98 valence electrons. The molecular weight excluding hydrogens is 253 g/mol. The minimum Gasteiger partial charge on any atom is -0.381 e. The third-order valence-electron chi connectivity index (χ3n) is 1.93. The van der Waals surface area contributed by atoms with Crippen LogP contribution in [0.1, 0.15) is 16.3 Å². The summed E-state index contributed by atoms with van der Waals surface area (Å²) in [6.07, 6.45) is -2.51. The van der Waals surface area contributed by atoms with E-state index < -0.39 is 18.1 Å². The van der Waals surface area contributed by atoms with E-state index in [2.05, 4.69) is 16.3 Å². The molecule has 0 aliphatic rings. The Labute approximate surface area is 99.9 Å². The number of hydrogen-bond acceptors (Lipinski definition) is 4. The fraction of sp³-hybridized carbons (Fsp3) is 0.300. The fourth-order valence-corrected chi connectivity index (χ4v) is 1.13. The lowest BCUT2D eigenvalue weighted by Crippen LogP contribution is -2.28. The van der Waals surface area contributed by atoms with E-state index in [-0.39, 0.29) is 5.69 Å². The topological polar surface area (TPSA) is 61.2 Å². The lowest BCUT2D eigenvalue weighted by Gasteiger charge is -2.03. The Hall–Kier alpha value is -2.12. The van der Waals surface area contributed by atoms with Gasteiger partial charge in [0, 0.05) is 12.7 Å². The van der Waals surface area contributed by atoms with Gasteiger partial charge in [-0.25, -0.2) is 14.6 Å². The van der Waals surface area contributed by atoms with Crippen molar-refractivity contribution in [3.8, 4) is 0 Å². The van der Waals surface area contributed by atoms with E-state index in [0.29, 0.717) is 12.4 Å². The maximum atomic E-state index is 11.9. The molecule has 1 aromatic heterocycles. The standard InChI is InChI=1S/C10H9F3N2O3/c1-3-4-15-5-7(14-6(15)2)8(16)18-9(17)10(11,12)13/h3,5H,1,4H2,2H3. The van der Waals surface area contributed by atoms with E-state index in [9.17, 15) is 22.8 Å². The Morgan fingerprint density at radius 1 is 1.56 bits per heavy atom. The van der Waals surface area contributed by atoms with Gasteiger partial charge in [0.15, 0.2) is 5.69 Å². The molecule has 0 amide bonds. The SMILES string of the molecule is C=CCn1cc(C(=O)OC(=O)C(F)(F)F)nc1C. The molecule has 0 aromatic carbocycles. The molecule has 1 rings (SSSR count). The number of rotatable bonds is 3. The molecule has 1 heterocycles. The Balaban J connectivity index is 2.82. The average Bonchev–Trinajstić information content (AvgIpc) is 2.59. The zero-order valence-corrected chi connectivity index (χ0v) is 9.32. The van der Waals surface area contributed by atoms with E-state index in [4.69, 9.17) is 0 Å². The van der Waals surface area contributed by atoms with Crippen LogP contribution < -0.4 is 0 Å². The minimum absolute atomic E-state index is 0.333. The molecule has 0 aliphatic carbocycles. The molecule has 5 nitrogen and oxygen atoms in total. The molecule has 8 heteroatoms. The van der Waals surface area contributed by atoms with Gasteiger partial charge in [0.05, 0.1) is 0 Å². The van der Waals surface area contributed by atoms with Crippen LogP contribution in [0.4, 0.5) is 13.2 Å². The second kappa shape index (κ2) is 5.03. The zero-order valence-electron chi connectivity index (χ0n) is 9.32. The first kappa shape index (κ1) is 13.9. The average molecular weight is 262 g/mol. The molecule has 0 saturated heterocycles. The van der Waals surface area contributed by atoms with E-state index in [1.165, 1.54) is 16.8 Å². The highest BCUT2D eigenvalue weighted by Gasteiger charge is 2.42. The first-order chi connectivity index (χ1) is 8.25. The number of halogens is 3. The maximum absolute atomic E-state index is 11.9. The third-order valence-corrected chi connectivity index (χ3v) is 1.93. The molecular formula is C10H9F3N2O3. The summed E-state index contributed by atoms with van der Waals surface area (Å²) in [4.78, 5) is 25.4. The van der Waals surface area contributed by atoms with Gasteiger partial charge in [0.1, 0.15) is 5.82 Å². The molecule has 0 spiro atoms. The van der Waals surface area contributed by atoms with Gasteiger partial charge in [-0.05, 0) is 6.92 Å². The van der Waals surface area contributed by atoms with Crippen LogP contribution in [0, 0.1) is 6.92 Å². The highest BCUT2D eigenvalue weighted by Crippen LogP contribution is 2.17. The maximum Gasteiger partial charge on any atom is 0.491 e. The number of aryl methyl sites for hydroxylation is 1. The number of allylic oxidation sites excluding steroid dienone is 1. The summed E-state index contributed by atoms with van der Waals surface area (Å²) in [5.74, 6) is -3.62. The van der Waals surface area contributed by atoms with Crippen molar-refractivity contribution < 1.29 is 27.5 Å². The highest BCUT2D eigenvalue weighted by molar-refractivity contribution is 5.96. The van der Waals surface area contributed by atoms with Gasteiger partial charge in [-0.2, -0.15) is 13.2 Å². The molecule has 0 bridgehead atoms. The summed E-state index contributed by atoms with van der Waals surface area (Å²) in [7, 11) is 0. The van der Waals surface area contributed by atoms with E-state index >= 15 is 0 Å². The van der Waals surface area contributed by atoms with Crippen LogP contribution in [0.3, 0.4) is 0 Å². The largest absolute Gasteiger partial charge is 0.491 e. The smallest absolute Gasteiger partial charge is 0.381 e. The number of carbonyl (C=O) groups excluding carboxylic acids is 2. The fourth-order valence-electron chi connectivity index (χ4n) is 1.13. The Morgan fingerprint density at radius 3 is 2.67 bits per heavy atom. The van der Waals surface area contributed by atoms with E-state index in [1.54, 1.807) is 6.92 Å². The van der Waals surface area contributed by atoms with Crippen molar-refractivity contribution >= 4 is 11.9 Å². The molecule has 0 N–H and O–H groups in total. The van der Waals surface area contributed by atoms with Gasteiger partial charge in [-0.1, -0.05) is 6.08 Å². The summed E-state index contributed by atoms with van der Waals surface area (Å²) in [6.45, 7) is 5.34. The number of imidazole rings is 1. The van der Waals surface area contributed by atoms with E-state index in [0.717, 1.165) is 0 Å². The Morgan fingerprint density at radius 2 is 2.17 bits per heavy atom. The molecule has 0 fully saturated rings. The van der Waals surface area contributed by atoms with Crippen LogP contribution in [0.15, 0.2) is 18.9 Å². The number of nitrogens with zero attached hydrogens (tertiary/aromatic N) is 2. The summed E-state index contributed by atoms with van der Waals surface area (Å²) < 4.78 is 40.7. The number of alkyl halides is 3. The lowest BCUT2D eigenvalue weighted by atomic mass is 10.5. The molecule has 0 unspecified atom stereocenters. The molecule has 0 saturated carbocycles. The van der Waals surface area contributed by atoms with Crippen molar-refractivity contribution in [2.75, 3.05) is 0 Å². The Bertz CT molecular complexity index is 491. The predicted molar refractivity (Wildman–Crippen MR) is 53.6 cm³/mol. The lowest BCUT2D eigenvalue weighted by molar-refractivity contribution is -0.193. The molecule has 0 atom stereocenters. The van der Waals surface area contributed by atoms with Crippen molar-refractivity contribution in [2.45, 2.75) is 19.6 Å². The van der Waals surface area contributed by atoms with Gasteiger partial charge < -0.3 is 9.30 Å². The van der Waals surface area contributed by atoms with Crippen LogP contribution in [-0.2, 0) is 16.1 Å². The van der Waals surface area contributed by atoms with Crippen LogP contribution >= 0.6 is 0 Å². The van der Waals surface area contributed by atoms with E-state index in [1.807, 2.05) is 0 Å². The van der Waals surface area contributed by atoms with Crippen LogP contribution in [0.25, 0.3) is 0 Å². The van der Waals surface area contributed by atoms with Crippen molar-refractivity contribution in [1.29, 1.82) is 0 Å². The first-order valence-electron chi connectivity index (χ1n) is 4.73. The van der Waals surface area contributed by atoms with Crippen LogP contribution in [0.2, 0.25) is 0 Å². The molecule has 1 aromatic rings. The monoisotopic (exact) mass is 262 g/mol. The van der Waals surface area contributed by atoms with Crippen molar-refractivity contribution in [1.82, 2.24) is 9.55 Å². The normalized spacial score (nSPS) is 11.1. The second-order valence-corrected chi connectivity index (χ2v) is 3.29. The minimum atomic E-state index is -5.21. The zero-order chi connectivity index (χ0) is 13.9. The first-order valence-corrected chi connectivity index (χ1v) is 4.73. The quantitative estimate of drug-likeness (QED) is 0.472. The van der Waals surface area contributed by atoms with Gasteiger partial charge in [0.25, 0.3) is 0 Å². The molecule has 18 heavy (non-hydrogen) atoms. The summed E-state index contributed by atoms with van der Waals surface area (Å²) in [6, 6.07) is 0. The van der Waals surface area contributed by atoms with Gasteiger partial charge in [-0.15, -0.1) is 6.58 Å². The number of aromatic nitrogens is 2. The predicted octanol–water partition coefficient (Wildman–Crippen LogP) is 1.62. The number of carbonyl (C=O) groups is 2. The number of esters is 2. The van der Waals surface area contributed by atoms with Crippen LogP contribution in [0.5, 0.6) is 0 Å². The van der Waals surface area contributed by atoms with Gasteiger partial charge in [-0.3, -0.25) is 0 Å². The Kier molecular flexibility index (Phi) is 3.89. The summed E-state index contributed by atoms with van der Waals surface area (Å²) in [5, 5.41) is 0.